The normalized spacial score (nSPS) is 10.5. The second-order valence-corrected chi connectivity index (χ2v) is 4.26. The summed E-state index contributed by atoms with van der Waals surface area (Å²) >= 11 is 0. The second-order valence-electron chi connectivity index (χ2n) is 4.26. The highest BCUT2D eigenvalue weighted by Crippen LogP contribution is 2.30. The van der Waals surface area contributed by atoms with Crippen LogP contribution in [-0.4, -0.2) is 29.3 Å². The number of rotatable bonds is 7. The summed E-state index contributed by atoms with van der Waals surface area (Å²) < 4.78 is 34.4. The van der Waals surface area contributed by atoms with Gasteiger partial charge in [0.2, 0.25) is 0 Å². The van der Waals surface area contributed by atoms with Crippen molar-refractivity contribution in [2.75, 3.05) is 6.61 Å². The zero-order chi connectivity index (χ0) is 15.9. The van der Waals surface area contributed by atoms with E-state index in [-0.39, 0.29) is 23.7 Å². The first-order valence-electron chi connectivity index (χ1n) is 6.41. The lowest BCUT2D eigenvalue weighted by Gasteiger charge is -2.12. The molecule has 116 valence electrons. The van der Waals surface area contributed by atoms with Crippen LogP contribution in [0.3, 0.4) is 0 Å². The maximum atomic E-state index is 12.3. The van der Waals surface area contributed by atoms with Crippen LogP contribution in [0.1, 0.15) is 16.1 Å². The summed E-state index contributed by atoms with van der Waals surface area (Å²) in [6.07, 6.45) is 2.08. The number of carboxylic acid groups (broad SMARTS) is 1. The Bertz CT molecular complexity index is 635. The molecule has 0 unspecified atom stereocenters. The lowest BCUT2D eigenvalue weighted by Crippen LogP contribution is -2.08. The molecular formula is C15H13F2NO4. The third-order valence-electron chi connectivity index (χ3n) is 2.75. The number of hydrogen-bond donors (Lipinski definition) is 1. The van der Waals surface area contributed by atoms with Crippen LogP contribution in [0.5, 0.6) is 11.5 Å². The monoisotopic (exact) mass is 309 g/mol. The lowest BCUT2D eigenvalue weighted by atomic mass is 10.2. The standard InChI is InChI=1S/C15H13F2NO4/c16-15(17)22-12-5-4-10(14(19)20)9-13(12)21-8-6-11-3-1-2-7-18-11/h1-5,7,9,15H,6,8H2,(H,19,20). The fraction of sp³-hybridized carbons (Fsp3) is 0.200. The first-order valence-corrected chi connectivity index (χ1v) is 6.41. The highest BCUT2D eigenvalue weighted by molar-refractivity contribution is 5.88. The Hall–Kier alpha value is -2.70. The van der Waals surface area contributed by atoms with Crippen molar-refractivity contribution in [1.82, 2.24) is 4.98 Å². The molecular weight excluding hydrogens is 296 g/mol. The van der Waals surface area contributed by atoms with Gasteiger partial charge in [-0.1, -0.05) is 6.07 Å². The predicted molar refractivity (Wildman–Crippen MR) is 73.5 cm³/mol. The van der Waals surface area contributed by atoms with E-state index in [1.807, 2.05) is 6.07 Å². The number of hydrogen-bond acceptors (Lipinski definition) is 4. The van der Waals surface area contributed by atoms with Crippen LogP contribution < -0.4 is 9.47 Å². The van der Waals surface area contributed by atoms with E-state index in [1.165, 1.54) is 6.07 Å². The van der Waals surface area contributed by atoms with Crippen LogP contribution in [-0.2, 0) is 6.42 Å². The smallest absolute Gasteiger partial charge is 0.387 e. The van der Waals surface area contributed by atoms with Gasteiger partial charge in [-0.3, -0.25) is 4.98 Å². The van der Waals surface area contributed by atoms with Crippen LogP contribution in [0.25, 0.3) is 0 Å². The number of halogens is 2. The fourth-order valence-corrected chi connectivity index (χ4v) is 1.76. The van der Waals surface area contributed by atoms with E-state index in [9.17, 15) is 13.6 Å². The molecule has 1 aromatic carbocycles. The van der Waals surface area contributed by atoms with Crippen molar-refractivity contribution in [2.45, 2.75) is 13.0 Å². The molecule has 7 heteroatoms. The summed E-state index contributed by atoms with van der Waals surface area (Å²) in [6.45, 7) is -2.87. The summed E-state index contributed by atoms with van der Waals surface area (Å²) in [4.78, 5) is 15.0. The van der Waals surface area contributed by atoms with Crippen LogP contribution >= 0.6 is 0 Å². The van der Waals surface area contributed by atoms with Crippen LogP contribution in [0.4, 0.5) is 8.78 Å². The van der Waals surface area contributed by atoms with Gasteiger partial charge in [0.1, 0.15) is 0 Å². The molecule has 0 spiro atoms. The molecule has 0 saturated heterocycles. The topological polar surface area (TPSA) is 68.7 Å². The van der Waals surface area contributed by atoms with E-state index in [0.29, 0.717) is 6.42 Å². The van der Waals surface area contributed by atoms with Crippen molar-refractivity contribution in [3.8, 4) is 11.5 Å². The summed E-state index contributed by atoms with van der Waals surface area (Å²) in [5.41, 5.74) is 0.697. The minimum Gasteiger partial charge on any atom is -0.489 e. The third-order valence-corrected chi connectivity index (χ3v) is 2.75. The molecule has 0 radical (unpaired) electrons. The van der Waals surface area contributed by atoms with Crippen molar-refractivity contribution in [3.05, 3.63) is 53.9 Å². The SMILES string of the molecule is O=C(O)c1ccc(OC(F)F)c(OCCc2ccccn2)c1. The fourth-order valence-electron chi connectivity index (χ4n) is 1.76. The van der Waals surface area contributed by atoms with Crippen molar-refractivity contribution >= 4 is 5.97 Å². The molecule has 0 atom stereocenters. The van der Waals surface area contributed by atoms with Gasteiger partial charge in [0.05, 0.1) is 12.2 Å². The molecule has 0 saturated carbocycles. The van der Waals surface area contributed by atoms with Gasteiger partial charge >= 0.3 is 12.6 Å². The minimum atomic E-state index is -3.02. The molecule has 0 aliphatic rings. The van der Waals surface area contributed by atoms with Crippen molar-refractivity contribution in [3.63, 3.8) is 0 Å². The maximum Gasteiger partial charge on any atom is 0.387 e. The van der Waals surface area contributed by atoms with Gasteiger partial charge in [-0.15, -0.1) is 0 Å². The molecule has 1 aromatic heterocycles. The Kier molecular flexibility index (Phi) is 5.24. The number of pyridine rings is 1. The Balaban J connectivity index is 2.09. The van der Waals surface area contributed by atoms with Crippen molar-refractivity contribution < 1.29 is 28.2 Å². The van der Waals surface area contributed by atoms with Crippen molar-refractivity contribution in [2.24, 2.45) is 0 Å². The number of carboxylic acids is 1. The van der Waals surface area contributed by atoms with Crippen LogP contribution in [0.15, 0.2) is 42.6 Å². The minimum absolute atomic E-state index is 0.0452. The molecule has 0 aliphatic heterocycles. The lowest BCUT2D eigenvalue weighted by molar-refractivity contribution is -0.0514. The Morgan fingerprint density at radius 3 is 2.68 bits per heavy atom. The van der Waals surface area contributed by atoms with E-state index >= 15 is 0 Å². The number of alkyl halides is 2. The van der Waals surface area contributed by atoms with E-state index in [1.54, 1.807) is 18.3 Å². The first-order chi connectivity index (χ1) is 10.6. The molecule has 2 aromatic rings. The highest BCUT2D eigenvalue weighted by atomic mass is 19.3. The molecule has 0 amide bonds. The zero-order valence-corrected chi connectivity index (χ0v) is 11.4. The number of carbonyl (C=O) groups is 1. The molecule has 22 heavy (non-hydrogen) atoms. The number of benzene rings is 1. The molecule has 0 fully saturated rings. The molecule has 2 rings (SSSR count). The van der Waals surface area contributed by atoms with E-state index < -0.39 is 12.6 Å². The average Bonchev–Trinajstić information content (AvgIpc) is 2.49. The number of ether oxygens (including phenoxy) is 2. The van der Waals surface area contributed by atoms with Gasteiger partial charge < -0.3 is 14.6 Å². The van der Waals surface area contributed by atoms with Crippen molar-refractivity contribution in [1.29, 1.82) is 0 Å². The summed E-state index contributed by atoms with van der Waals surface area (Å²) in [5, 5.41) is 8.93. The van der Waals surface area contributed by atoms with Gasteiger partial charge in [-0.05, 0) is 30.3 Å². The van der Waals surface area contributed by atoms with E-state index in [0.717, 1.165) is 17.8 Å². The Labute approximate surface area is 125 Å². The Morgan fingerprint density at radius 2 is 2.05 bits per heavy atom. The van der Waals surface area contributed by atoms with Crippen LogP contribution in [0.2, 0.25) is 0 Å². The molecule has 1 heterocycles. The van der Waals surface area contributed by atoms with Gasteiger partial charge in [0, 0.05) is 18.3 Å². The van der Waals surface area contributed by atoms with E-state index in [2.05, 4.69) is 9.72 Å². The number of nitrogens with zero attached hydrogens (tertiary/aromatic N) is 1. The molecule has 0 bridgehead atoms. The number of aromatic nitrogens is 1. The first kappa shape index (κ1) is 15.7. The van der Waals surface area contributed by atoms with E-state index in [4.69, 9.17) is 9.84 Å². The molecule has 0 aliphatic carbocycles. The summed E-state index contributed by atoms with van der Waals surface area (Å²) in [7, 11) is 0. The van der Waals surface area contributed by atoms with Crippen LogP contribution in [0, 0.1) is 0 Å². The largest absolute Gasteiger partial charge is 0.489 e. The van der Waals surface area contributed by atoms with Gasteiger partial charge in [0.15, 0.2) is 11.5 Å². The van der Waals surface area contributed by atoms with Gasteiger partial charge in [-0.2, -0.15) is 8.78 Å². The average molecular weight is 309 g/mol. The number of aromatic carboxylic acids is 1. The van der Waals surface area contributed by atoms with Gasteiger partial charge in [0.25, 0.3) is 0 Å². The highest BCUT2D eigenvalue weighted by Gasteiger charge is 2.14. The summed E-state index contributed by atoms with van der Waals surface area (Å²) in [6, 6.07) is 8.86. The Morgan fingerprint density at radius 1 is 1.23 bits per heavy atom. The predicted octanol–water partition coefficient (Wildman–Crippen LogP) is 3.00. The molecule has 1 N–H and O–H groups in total. The van der Waals surface area contributed by atoms with Gasteiger partial charge in [-0.25, -0.2) is 4.79 Å². The molecule has 5 nitrogen and oxygen atoms in total. The maximum absolute atomic E-state index is 12.3. The zero-order valence-electron chi connectivity index (χ0n) is 11.4. The summed E-state index contributed by atoms with van der Waals surface area (Å²) in [5.74, 6) is -1.43. The second kappa shape index (κ2) is 7.35. The quantitative estimate of drug-likeness (QED) is 0.851. The third kappa shape index (κ3) is 4.41.